The highest BCUT2D eigenvalue weighted by molar-refractivity contribution is 6.00. The molecular formula is C16H17N3O5. The summed E-state index contributed by atoms with van der Waals surface area (Å²) in [6.07, 6.45) is -0.163. The number of aliphatic carboxylic acids is 1. The van der Waals surface area contributed by atoms with Crippen molar-refractivity contribution in [3.05, 3.63) is 36.0 Å². The van der Waals surface area contributed by atoms with Crippen LogP contribution in [0.1, 0.15) is 16.9 Å². The van der Waals surface area contributed by atoms with Gasteiger partial charge in [-0.15, -0.1) is 0 Å². The van der Waals surface area contributed by atoms with Crippen LogP contribution >= 0.6 is 0 Å². The molecular weight excluding hydrogens is 314 g/mol. The molecule has 8 heteroatoms. The summed E-state index contributed by atoms with van der Waals surface area (Å²) < 4.78 is 1.71. The Bertz CT molecular complexity index is 796. The first-order valence-corrected chi connectivity index (χ1v) is 7.21. The number of carboxylic acid groups (broad SMARTS) is 1. The Morgan fingerprint density at radius 1 is 1.29 bits per heavy atom. The number of amides is 2. The molecule has 0 fully saturated rings. The Hall–Kier alpha value is -3.16. The van der Waals surface area contributed by atoms with Crippen LogP contribution in [0.4, 0.5) is 0 Å². The maximum atomic E-state index is 12.2. The molecule has 1 aromatic heterocycles. The zero-order valence-corrected chi connectivity index (χ0v) is 13.0. The van der Waals surface area contributed by atoms with Crippen LogP contribution in [0.15, 0.2) is 30.3 Å². The molecule has 0 saturated carbocycles. The van der Waals surface area contributed by atoms with E-state index >= 15 is 0 Å². The number of para-hydroxylation sites is 1. The number of benzene rings is 1. The second kappa shape index (κ2) is 7.40. The van der Waals surface area contributed by atoms with E-state index < -0.39 is 30.2 Å². The summed E-state index contributed by atoms with van der Waals surface area (Å²) in [4.78, 5) is 45.2. The molecule has 0 radical (unpaired) electrons. The molecule has 0 saturated heterocycles. The van der Waals surface area contributed by atoms with Gasteiger partial charge in [0, 0.05) is 18.0 Å². The predicted octanol–water partition coefficient (Wildman–Crippen LogP) is 0.0665. The molecule has 0 spiro atoms. The van der Waals surface area contributed by atoms with E-state index in [2.05, 4.69) is 10.6 Å². The summed E-state index contributed by atoms with van der Waals surface area (Å²) in [5.41, 5.74) is 1.27. The van der Waals surface area contributed by atoms with E-state index in [4.69, 9.17) is 5.11 Å². The molecule has 126 valence electrons. The van der Waals surface area contributed by atoms with E-state index in [1.807, 2.05) is 24.3 Å². The number of rotatable bonds is 7. The Labute approximate surface area is 137 Å². The summed E-state index contributed by atoms with van der Waals surface area (Å²) in [7, 11) is 1.74. The van der Waals surface area contributed by atoms with Crippen molar-refractivity contribution in [3.8, 4) is 0 Å². The molecule has 0 aliphatic carbocycles. The van der Waals surface area contributed by atoms with Crippen molar-refractivity contribution in [1.29, 1.82) is 0 Å². The summed E-state index contributed by atoms with van der Waals surface area (Å²) in [5, 5.41) is 14.2. The molecule has 2 aromatic rings. The minimum Gasteiger partial charge on any atom is -0.481 e. The Morgan fingerprint density at radius 2 is 2.00 bits per heavy atom. The number of hydrogen-bond acceptors (Lipinski definition) is 4. The maximum Gasteiger partial charge on any atom is 0.305 e. The minimum absolute atomic E-state index is 0.345. The van der Waals surface area contributed by atoms with Crippen LogP contribution in [0.5, 0.6) is 0 Å². The number of aldehydes is 1. The van der Waals surface area contributed by atoms with Gasteiger partial charge in [0.2, 0.25) is 5.91 Å². The van der Waals surface area contributed by atoms with Gasteiger partial charge in [-0.3, -0.25) is 14.4 Å². The number of carbonyl (C=O) groups excluding carboxylic acids is 3. The minimum atomic E-state index is -1.20. The van der Waals surface area contributed by atoms with Gasteiger partial charge in [-0.2, -0.15) is 0 Å². The van der Waals surface area contributed by atoms with Crippen molar-refractivity contribution in [2.24, 2.45) is 7.05 Å². The zero-order valence-electron chi connectivity index (χ0n) is 13.0. The number of nitrogens with one attached hydrogen (secondary N) is 2. The lowest BCUT2D eigenvalue weighted by molar-refractivity contribution is -0.138. The van der Waals surface area contributed by atoms with Gasteiger partial charge in [0.25, 0.3) is 5.91 Å². The average Bonchev–Trinajstić information content (AvgIpc) is 2.89. The van der Waals surface area contributed by atoms with Crippen LogP contribution in [-0.4, -0.2) is 46.3 Å². The normalized spacial score (nSPS) is 11.7. The third-order valence-corrected chi connectivity index (χ3v) is 3.50. The Balaban J connectivity index is 1.96. The number of carbonyl (C=O) groups is 4. The number of aryl methyl sites for hydroxylation is 1. The van der Waals surface area contributed by atoms with Crippen LogP contribution in [0.25, 0.3) is 10.9 Å². The fourth-order valence-corrected chi connectivity index (χ4v) is 2.34. The van der Waals surface area contributed by atoms with Crippen molar-refractivity contribution in [1.82, 2.24) is 15.2 Å². The van der Waals surface area contributed by atoms with E-state index in [0.29, 0.717) is 12.0 Å². The lowest BCUT2D eigenvalue weighted by Gasteiger charge is -2.11. The van der Waals surface area contributed by atoms with Crippen molar-refractivity contribution in [2.75, 3.05) is 6.54 Å². The number of aromatic nitrogens is 1. The summed E-state index contributed by atoms with van der Waals surface area (Å²) >= 11 is 0. The SMILES string of the molecule is Cn1c(C(=O)NCC(=O)N[C@@H](C=O)CC(=O)O)cc2ccccc21. The van der Waals surface area contributed by atoms with E-state index in [1.165, 1.54) is 0 Å². The van der Waals surface area contributed by atoms with Crippen LogP contribution in [0, 0.1) is 0 Å². The van der Waals surface area contributed by atoms with E-state index in [1.54, 1.807) is 17.7 Å². The number of carboxylic acids is 1. The van der Waals surface area contributed by atoms with Gasteiger partial charge < -0.3 is 25.1 Å². The number of nitrogens with zero attached hydrogens (tertiary/aromatic N) is 1. The Kier molecular flexibility index (Phi) is 5.31. The van der Waals surface area contributed by atoms with E-state index in [-0.39, 0.29) is 6.54 Å². The molecule has 1 aromatic carbocycles. The molecule has 2 amide bonds. The molecule has 0 aliphatic heterocycles. The average molecular weight is 331 g/mol. The first-order chi connectivity index (χ1) is 11.4. The number of hydrogen-bond donors (Lipinski definition) is 3. The standard InChI is InChI=1S/C16H17N3O5/c1-19-12-5-3-2-4-10(12)6-13(19)16(24)17-8-14(21)18-11(9-20)7-15(22)23/h2-6,9,11H,7-8H2,1H3,(H,17,24)(H,18,21)(H,22,23)/t11-/m1/s1. The van der Waals surface area contributed by atoms with Gasteiger partial charge in [-0.25, -0.2) is 0 Å². The lowest BCUT2D eigenvalue weighted by Crippen LogP contribution is -2.43. The monoisotopic (exact) mass is 331 g/mol. The molecule has 2 rings (SSSR count). The molecule has 24 heavy (non-hydrogen) atoms. The van der Waals surface area contributed by atoms with Gasteiger partial charge in [0.05, 0.1) is 19.0 Å². The van der Waals surface area contributed by atoms with Gasteiger partial charge in [0.15, 0.2) is 0 Å². The van der Waals surface area contributed by atoms with Gasteiger partial charge in [0.1, 0.15) is 12.0 Å². The van der Waals surface area contributed by atoms with Gasteiger partial charge in [-0.05, 0) is 12.1 Å². The largest absolute Gasteiger partial charge is 0.481 e. The molecule has 1 heterocycles. The first-order valence-electron chi connectivity index (χ1n) is 7.21. The molecule has 3 N–H and O–H groups in total. The highest BCUT2D eigenvalue weighted by Crippen LogP contribution is 2.17. The molecule has 1 atom stereocenters. The quantitative estimate of drug-likeness (QED) is 0.621. The smallest absolute Gasteiger partial charge is 0.305 e. The molecule has 0 aliphatic rings. The van der Waals surface area contributed by atoms with Crippen LogP contribution in [-0.2, 0) is 21.4 Å². The topological polar surface area (TPSA) is 118 Å². The highest BCUT2D eigenvalue weighted by atomic mass is 16.4. The summed E-state index contributed by atoms with van der Waals surface area (Å²) in [5.74, 6) is -2.28. The highest BCUT2D eigenvalue weighted by Gasteiger charge is 2.17. The third-order valence-electron chi connectivity index (χ3n) is 3.50. The Morgan fingerprint density at radius 3 is 2.62 bits per heavy atom. The lowest BCUT2D eigenvalue weighted by atomic mass is 10.2. The fraction of sp³-hybridized carbons (Fsp3) is 0.250. The summed E-state index contributed by atoms with van der Waals surface area (Å²) in [6, 6.07) is 8.06. The van der Waals surface area contributed by atoms with Crippen molar-refractivity contribution in [2.45, 2.75) is 12.5 Å². The summed E-state index contributed by atoms with van der Waals surface area (Å²) in [6.45, 7) is -0.357. The van der Waals surface area contributed by atoms with Crippen molar-refractivity contribution in [3.63, 3.8) is 0 Å². The van der Waals surface area contributed by atoms with E-state index in [9.17, 15) is 19.2 Å². The van der Waals surface area contributed by atoms with Crippen LogP contribution in [0.2, 0.25) is 0 Å². The molecule has 0 unspecified atom stereocenters. The van der Waals surface area contributed by atoms with Crippen molar-refractivity contribution < 1.29 is 24.3 Å². The second-order valence-corrected chi connectivity index (χ2v) is 5.24. The van der Waals surface area contributed by atoms with Gasteiger partial charge >= 0.3 is 5.97 Å². The molecule has 0 bridgehead atoms. The fourth-order valence-electron chi connectivity index (χ4n) is 2.34. The second-order valence-electron chi connectivity index (χ2n) is 5.24. The zero-order chi connectivity index (χ0) is 17.7. The van der Waals surface area contributed by atoms with Crippen molar-refractivity contribution >= 4 is 35.0 Å². The third kappa shape index (κ3) is 3.97. The van der Waals surface area contributed by atoms with Gasteiger partial charge in [-0.1, -0.05) is 18.2 Å². The predicted molar refractivity (Wildman–Crippen MR) is 85.5 cm³/mol. The molecule has 8 nitrogen and oxygen atoms in total. The van der Waals surface area contributed by atoms with Crippen LogP contribution < -0.4 is 10.6 Å². The van der Waals surface area contributed by atoms with E-state index in [0.717, 1.165) is 10.9 Å². The van der Waals surface area contributed by atoms with Crippen LogP contribution in [0.3, 0.4) is 0 Å². The maximum absolute atomic E-state index is 12.2. The number of fused-ring (bicyclic) bond motifs is 1. The first kappa shape index (κ1) is 17.2.